The van der Waals surface area contributed by atoms with Gasteiger partial charge in [-0.1, -0.05) is 68.8 Å². The number of amides is 3. The van der Waals surface area contributed by atoms with Gasteiger partial charge in [0.1, 0.15) is 18.1 Å². The molecule has 2 fully saturated rings. The number of fused-ring (bicyclic) bond motifs is 1. The molecular formula is C36H44N4O7S. The summed E-state index contributed by atoms with van der Waals surface area (Å²) in [5.41, 5.74) is 4.65. The van der Waals surface area contributed by atoms with Crippen molar-refractivity contribution in [2.75, 3.05) is 26.3 Å². The predicted octanol–water partition coefficient (Wildman–Crippen LogP) is 3.69. The largest absolute Gasteiger partial charge is 0.378 e. The third kappa shape index (κ3) is 7.61. The lowest BCUT2D eigenvalue weighted by Crippen LogP contribution is -2.68. The van der Waals surface area contributed by atoms with Gasteiger partial charge >= 0.3 is 0 Å². The van der Waals surface area contributed by atoms with Gasteiger partial charge in [-0.05, 0) is 67.9 Å². The maximum Gasteiger partial charge on any atom is 0.294 e. The highest BCUT2D eigenvalue weighted by Gasteiger charge is 2.51. The molecule has 0 radical (unpaired) electrons. The van der Waals surface area contributed by atoms with Crippen LogP contribution < -0.4 is 5.32 Å². The molecule has 12 heteroatoms. The van der Waals surface area contributed by atoms with E-state index >= 15 is 0 Å². The van der Waals surface area contributed by atoms with E-state index in [1.165, 1.54) is 23.3 Å². The van der Waals surface area contributed by atoms with Gasteiger partial charge in [0, 0.05) is 30.0 Å². The van der Waals surface area contributed by atoms with E-state index in [0.29, 0.717) is 44.0 Å². The molecule has 0 saturated carbocycles. The molecule has 0 bridgehead atoms. The van der Waals surface area contributed by atoms with Gasteiger partial charge in [0.05, 0.1) is 18.1 Å². The Morgan fingerprint density at radius 3 is 2.12 bits per heavy atom. The Bertz CT molecular complexity index is 1720. The van der Waals surface area contributed by atoms with Gasteiger partial charge in [0.2, 0.25) is 17.7 Å². The van der Waals surface area contributed by atoms with E-state index in [2.05, 4.69) is 22.4 Å². The van der Waals surface area contributed by atoms with Crippen LogP contribution >= 0.6 is 0 Å². The lowest BCUT2D eigenvalue weighted by Gasteiger charge is -2.47. The van der Waals surface area contributed by atoms with Gasteiger partial charge < -0.3 is 19.9 Å². The second-order valence-corrected chi connectivity index (χ2v) is 14.2. The zero-order chi connectivity index (χ0) is 34.6. The molecule has 3 amide bonds. The van der Waals surface area contributed by atoms with E-state index in [4.69, 9.17) is 9.29 Å². The number of morpholine rings is 1. The van der Waals surface area contributed by atoms with Gasteiger partial charge in [-0.2, -0.15) is 8.42 Å². The van der Waals surface area contributed by atoms with Gasteiger partial charge in [-0.25, -0.2) is 0 Å². The number of carbonyl (C=O) groups is 3. The van der Waals surface area contributed by atoms with Crippen LogP contribution in [0.3, 0.4) is 0 Å². The third-order valence-electron chi connectivity index (χ3n) is 9.56. The monoisotopic (exact) mass is 676 g/mol. The Kier molecular flexibility index (Phi) is 11.0. The van der Waals surface area contributed by atoms with Crippen molar-refractivity contribution in [3.63, 3.8) is 0 Å². The second-order valence-electron chi connectivity index (χ2n) is 12.8. The average molecular weight is 677 g/mol. The van der Waals surface area contributed by atoms with E-state index < -0.39 is 28.2 Å². The van der Waals surface area contributed by atoms with E-state index in [9.17, 15) is 22.8 Å². The lowest BCUT2D eigenvalue weighted by molar-refractivity contribution is -0.163. The van der Waals surface area contributed by atoms with Gasteiger partial charge in [0.25, 0.3) is 10.1 Å². The molecule has 0 spiro atoms. The number of nitrogens with zero attached hydrogens (tertiary/aromatic N) is 3. The second kappa shape index (κ2) is 15.0. The minimum atomic E-state index is -4.00. The van der Waals surface area contributed by atoms with Crippen LogP contribution in [-0.4, -0.2) is 83.9 Å². The minimum absolute atomic E-state index is 0.0550. The highest BCUT2D eigenvalue weighted by molar-refractivity contribution is 7.85. The number of carbonyl (C=O) groups excluding carboxylic acids is 3. The number of hydrogen-bond donors (Lipinski definition) is 2. The van der Waals surface area contributed by atoms with Gasteiger partial charge in [-0.3, -0.25) is 23.9 Å². The summed E-state index contributed by atoms with van der Waals surface area (Å²) < 4.78 is 34.7. The molecule has 2 aromatic carbocycles. The number of pyridine rings is 1. The SMILES string of the molecule is CC[C@H](C)[C@@H]1C(=O)N[C@H](C2Cc3ccccc3C2)C(=O)N1C(C(=O)N1CCOCC1)c1ccc(C)nc1C.O=S(=O)(O)c1ccccc1. The first-order valence-electron chi connectivity index (χ1n) is 16.4. The first-order chi connectivity index (χ1) is 22.9. The molecule has 2 saturated heterocycles. The van der Waals surface area contributed by atoms with Crippen LogP contribution in [0.4, 0.5) is 0 Å². The summed E-state index contributed by atoms with van der Waals surface area (Å²) in [7, 11) is -4.00. The Labute approximate surface area is 282 Å². The van der Waals surface area contributed by atoms with Crippen molar-refractivity contribution in [1.82, 2.24) is 20.1 Å². The number of rotatable bonds is 7. The smallest absolute Gasteiger partial charge is 0.294 e. The summed E-state index contributed by atoms with van der Waals surface area (Å²) in [6, 6.07) is 17.0. The standard InChI is InChI=1S/C30H38N4O4.C6H6O3S/c1-5-18(2)26-28(35)32-25(23-16-21-8-6-7-9-22(21)17-23)29(36)34(26)27(24-11-10-19(3)31-20(24)4)30(37)33-12-14-38-15-13-33;7-10(8,9)6-4-2-1-3-5-6/h6-11,18,23,25-27H,5,12-17H2,1-4H3,(H,32,35);1-5H,(H,7,8,9)/t18-,25+,26+,27?;/m0./s1. The molecule has 3 aliphatic rings. The highest BCUT2D eigenvalue weighted by Crippen LogP contribution is 2.37. The van der Waals surface area contributed by atoms with Crippen LogP contribution in [-0.2, 0) is 42.1 Å². The molecule has 3 aromatic rings. The molecule has 2 N–H and O–H groups in total. The third-order valence-corrected chi connectivity index (χ3v) is 10.4. The Balaban J connectivity index is 0.000000387. The summed E-state index contributed by atoms with van der Waals surface area (Å²) in [5, 5.41) is 3.10. The minimum Gasteiger partial charge on any atom is -0.378 e. The van der Waals surface area contributed by atoms with Crippen molar-refractivity contribution in [3.8, 4) is 0 Å². The Morgan fingerprint density at radius 2 is 1.58 bits per heavy atom. The normalized spacial score (nSPS) is 21.1. The molecule has 6 rings (SSSR count). The van der Waals surface area contributed by atoms with E-state index in [-0.39, 0.29) is 34.5 Å². The summed E-state index contributed by atoms with van der Waals surface area (Å²) in [6.07, 6.45) is 2.15. The quantitative estimate of drug-likeness (QED) is 0.361. The number of nitrogens with one attached hydrogen (secondary N) is 1. The lowest BCUT2D eigenvalue weighted by atomic mass is 9.85. The Morgan fingerprint density at radius 1 is 0.979 bits per heavy atom. The summed E-state index contributed by atoms with van der Waals surface area (Å²) in [5.74, 6) is -0.719. The number of aryl methyl sites for hydroxylation is 2. The van der Waals surface area contributed by atoms with Crippen molar-refractivity contribution < 1.29 is 32.1 Å². The number of hydrogen-bond acceptors (Lipinski definition) is 7. The zero-order valence-electron chi connectivity index (χ0n) is 27.8. The number of aromatic nitrogens is 1. The van der Waals surface area contributed by atoms with Crippen LogP contribution in [0.1, 0.15) is 54.4 Å². The van der Waals surface area contributed by atoms with Crippen LogP contribution in [0, 0.1) is 25.7 Å². The molecule has 1 aromatic heterocycles. The molecule has 1 unspecified atom stereocenters. The molecule has 4 atom stereocenters. The first kappa shape index (κ1) is 35.2. The molecule has 1 aliphatic carbocycles. The van der Waals surface area contributed by atoms with E-state index in [1.807, 2.05) is 52.0 Å². The first-order valence-corrected chi connectivity index (χ1v) is 17.9. The zero-order valence-corrected chi connectivity index (χ0v) is 28.7. The van der Waals surface area contributed by atoms with Crippen LogP contribution in [0.15, 0.2) is 71.6 Å². The Hall–Kier alpha value is -4.13. The number of benzene rings is 2. The molecule has 11 nitrogen and oxygen atoms in total. The van der Waals surface area contributed by atoms with Gasteiger partial charge in [-0.15, -0.1) is 0 Å². The molecular weight excluding hydrogens is 632 g/mol. The molecule has 2 aliphatic heterocycles. The maximum absolute atomic E-state index is 14.5. The van der Waals surface area contributed by atoms with Crippen LogP contribution in [0.2, 0.25) is 0 Å². The summed E-state index contributed by atoms with van der Waals surface area (Å²) in [6.45, 7) is 9.59. The molecule has 3 heterocycles. The fourth-order valence-corrected chi connectivity index (χ4v) is 7.35. The maximum atomic E-state index is 14.5. The van der Waals surface area contributed by atoms with Crippen molar-refractivity contribution in [1.29, 1.82) is 0 Å². The topological polar surface area (TPSA) is 146 Å². The average Bonchev–Trinajstić information content (AvgIpc) is 3.51. The van der Waals surface area contributed by atoms with Crippen LogP contribution in [0.25, 0.3) is 0 Å². The van der Waals surface area contributed by atoms with Gasteiger partial charge in [0.15, 0.2) is 0 Å². The van der Waals surface area contributed by atoms with Crippen molar-refractivity contribution in [2.45, 2.75) is 70.0 Å². The number of ether oxygens (including phenoxy) is 1. The van der Waals surface area contributed by atoms with E-state index in [1.54, 1.807) is 28.0 Å². The fraction of sp³-hybridized carbons (Fsp3) is 0.444. The molecule has 256 valence electrons. The highest BCUT2D eigenvalue weighted by atomic mass is 32.2. The van der Waals surface area contributed by atoms with Crippen molar-refractivity contribution >= 4 is 27.8 Å². The summed E-state index contributed by atoms with van der Waals surface area (Å²) >= 11 is 0. The van der Waals surface area contributed by atoms with E-state index in [0.717, 1.165) is 18.5 Å². The fourth-order valence-electron chi connectivity index (χ4n) is 6.85. The molecule has 48 heavy (non-hydrogen) atoms. The van der Waals surface area contributed by atoms with Crippen molar-refractivity contribution in [2.24, 2.45) is 11.8 Å². The summed E-state index contributed by atoms with van der Waals surface area (Å²) in [4.78, 5) is 50.5. The predicted molar refractivity (Wildman–Crippen MR) is 179 cm³/mol. The van der Waals surface area contributed by atoms with Crippen molar-refractivity contribution in [3.05, 3.63) is 94.8 Å². The number of piperazine rings is 1. The van der Waals surface area contributed by atoms with Crippen LogP contribution in [0.5, 0.6) is 0 Å².